The Kier molecular flexibility index (Phi) is 7.95. The summed E-state index contributed by atoms with van der Waals surface area (Å²) in [5, 5.41) is 4.23. The zero-order chi connectivity index (χ0) is 24.1. The van der Waals surface area contributed by atoms with Crippen molar-refractivity contribution in [2.24, 2.45) is 5.92 Å². The monoisotopic (exact) mass is 500 g/mol. The van der Waals surface area contributed by atoms with E-state index in [2.05, 4.69) is 17.2 Å². The molecule has 1 aliphatic rings. The lowest BCUT2D eigenvalue weighted by atomic mass is 9.88. The average molecular weight is 501 g/mol. The third-order valence-electron chi connectivity index (χ3n) is 5.72. The van der Waals surface area contributed by atoms with Crippen LogP contribution in [0.3, 0.4) is 0 Å². The van der Waals surface area contributed by atoms with Crippen LogP contribution in [0.15, 0.2) is 24.3 Å². The van der Waals surface area contributed by atoms with Crippen molar-refractivity contribution >= 4 is 55.7 Å². The van der Waals surface area contributed by atoms with Gasteiger partial charge in [0.1, 0.15) is 5.00 Å². The Balaban J connectivity index is 1.28. The minimum atomic E-state index is -0.461. The van der Waals surface area contributed by atoms with Gasteiger partial charge in [-0.25, -0.2) is 9.78 Å². The molecular formula is C25H28N2O5S2. The van der Waals surface area contributed by atoms with E-state index in [0.29, 0.717) is 29.3 Å². The summed E-state index contributed by atoms with van der Waals surface area (Å²) in [6, 6.07) is 7.94. The predicted octanol–water partition coefficient (Wildman–Crippen LogP) is 5.16. The zero-order valence-corrected chi connectivity index (χ0v) is 21.0. The summed E-state index contributed by atoms with van der Waals surface area (Å²) < 4.78 is 11.5. The first-order valence-corrected chi connectivity index (χ1v) is 13.2. The molecule has 2 heterocycles. The van der Waals surface area contributed by atoms with Gasteiger partial charge in [0.05, 0.1) is 27.4 Å². The fourth-order valence-electron chi connectivity index (χ4n) is 4.05. The Labute approximate surface area is 206 Å². The molecule has 2 aromatic heterocycles. The molecule has 1 aromatic carbocycles. The lowest BCUT2D eigenvalue weighted by Crippen LogP contribution is -2.22. The van der Waals surface area contributed by atoms with Gasteiger partial charge in [0, 0.05) is 11.3 Å². The summed E-state index contributed by atoms with van der Waals surface area (Å²) in [4.78, 5) is 42.8. The molecule has 4 rings (SSSR count). The number of thiazole rings is 1. The third kappa shape index (κ3) is 5.82. The van der Waals surface area contributed by atoms with Crippen molar-refractivity contribution in [3.05, 3.63) is 45.3 Å². The molecule has 0 aliphatic heterocycles. The summed E-state index contributed by atoms with van der Waals surface area (Å²) in [6.07, 6.45) is 4.17. The Morgan fingerprint density at radius 1 is 1.18 bits per heavy atom. The molecule has 180 valence electrons. The van der Waals surface area contributed by atoms with Crippen molar-refractivity contribution in [2.75, 3.05) is 18.5 Å². The largest absolute Gasteiger partial charge is 0.462 e. The fraction of sp³-hybridized carbons (Fsp3) is 0.440. The molecule has 1 N–H and O–H groups in total. The van der Waals surface area contributed by atoms with Crippen LogP contribution in [0.1, 0.15) is 58.9 Å². The van der Waals surface area contributed by atoms with Crippen molar-refractivity contribution in [1.29, 1.82) is 0 Å². The number of hydrogen-bond donors (Lipinski definition) is 1. The van der Waals surface area contributed by atoms with Crippen molar-refractivity contribution < 1.29 is 23.9 Å². The number of para-hydroxylation sites is 1. The van der Waals surface area contributed by atoms with E-state index in [4.69, 9.17) is 9.47 Å². The minimum Gasteiger partial charge on any atom is -0.462 e. The van der Waals surface area contributed by atoms with E-state index in [1.165, 1.54) is 11.3 Å². The maximum Gasteiger partial charge on any atom is 0.341 e. The van der Waals surface area contributed by atoms with Gasteiger partial charge in [-0.1, -0.05) is 19.1 Å². The number of aryl methyl sites for hydroxylation is 1. The molecule has 0 spiro atoms. The number of anilines is 1. The highest BCUT2D eigenvalue weighted by molar-refractivity contribution is 7.18. The Morgan fingerprint density at radius 3 is 2.79 bits per heavy atom. The number of carbonyl (C=O) groups is 3. The maximum absolute atomic E-state index is 12.6. The Morgan fingerprint density at radius 2 is 2.00 bits per heavy atom. The van der Waals surface area contributed by atoms with Crippen molar-refractivity contribution in [1.82, 2.24) is 4.98 Å². The summed E-state index contributed by atoms with van der Waals surface area (Å²) >= 11 is 3.04. The second kappa shape index (κ2) is 11.1. The first kappa shape index (κ1) is 24.3. The highest BCUT2D eigenvalue weighted by Gasteiger charge is 2.29. The number of ether oxygens (including phenoxy) is 2. The Hall–Kier alpha value is -2.78. The van der Waals surface area contributed by atoms with Crippen LogP contribution in [0.25, 0.3) is 10.2 Å². The van der Waals surface area contributed by atoms with Gasteiger partial charge in [0.15, 0.2) is 6.61 Å². The molecular weight excluding hydrogens is 472 g/mol. The Bertz CT molecular complexity index is 1170. The second-order valence-electron chi connectivity index (χ2n) is 8.41. The molecule has 0 fully saturated rings. The number of esters is 2. The molecule has 0 bridgehead atoms. The molecule has 7 nitrogen and oxygen atoms in total. The number of benzene rings is 1. The molecule has 0 saturated carbocycles. The topological polar surface area (TPSA) is 94.6 Å². The van der Waals surface area contributed by atoms with Gasteiger partial charge in [-0.3, -0.25) is 9.59 Å². The van der Waals surface area contributed by atoms with Gasteiger partial charge in [-0.15, -0.1) is 22.7 Å². The highest BCUT2D eigenvalue weighted by Crippen LogP contribution is 2.40. The van der Waals surface area contributed by atoms with E-state index in [-0.39, 0.29) is 19.6 Å². The lowest BCUT2D eigenvalue weighted by molar-refractivity contribution is -0.147. The van der Waals surface area contributed by atoms with E-state index in [1.807, 2.05) is 24.3 Å². The third-order valence-corrected chi connectivity index (χ3v) is 7.98. The summed E-state index contributed by atoms with van der Waals surface area (Å²) in [5.74, 6) is -0.775. The van der Waals surface area contributed by atoms with Crippen LogP contribution in [0.5, 0.6) is 0 Å². The number of amides is 1. The van der Waals surface area contributed by atoms with Crippen LogP contribution in [-0.2, 0) is 38.3 Å². The zero-order valence-electron chi connectivity index (χ0n) is 19.3. The average Bonchev–Trinajstić information content (AvgIpc) is 3.37. The number of rotatable bonds is 9. The predicted molar refractivity (Wildman–Crippen MR) is 134 cm³/mol. The lowest BCUT2D eigenvalue weighted by Gasteiger charge is -2.18. The number of carbonyl (C=O) groups excluding carboxylic acids is 3. The summed E-state index contributed by atoms with van der Waals surface area (Å²) in [6.45, 7) is 3.82. The molecule has 1 amide bonds. The first-order chi connectivity index (χ1) is 16.4. The number of hydrogen-bond acceptors (Lipinski definition) is 8. The second-order valence-corrected chi connectivity index (χ2v) is 10.6. The SMILES string of the molecule is CCOC(=O)c1c(NC(=O)COC(=O)CCCc2nc3ccccc3s2)sc2c1CC[C@H](C)C2. The van der Waals surface area contributed by atoms with Crippen LogP contribution >= 0.6 is 22.7 Å². The molecule has 1 atom stereocenters. The van der Waals surface area contributed by atoms with Gasteiger partial charge in [-0.05, 0) is 62.6 Å². The number of fused-ring (bicyclic) bond motifs is 2. The number of nitrogens with one attached hydrogen (secondary N) is 1. The highest BCUT2D eigenvalue weighted by atomic mass is 32.1. The smallest absolute Gasteiger partial charge is 0.341 e. The van der Waals surface area contributed by atoms with Gasteiger partial charge in [-0.2, -0.15) is 0 Å². The van der Waals surface area contributed by atoms with Crippen LogP contribution in [0.4, 0.5) is 5.00 Å². The van der Waals surface area contributed by atoms with E-state index in [1.54, 1.807) is 18.3 Å². The molecule has 34 heavy (non-hydrogen) atoms. The quantitative estimate of drug-likeness (QED) is 0.408. The van der Waals surface area contributed by atoms with Crippen LogP contribution in [0.2, 0.25) is 0 Å². The standard InChI is InChI=1S/C25H28N2O5S2/c1-3-31-25(30)23-16-12-11-15(2)13-19(16)34-24(23)27-20(28)14-32-22(29)10-6-9-21-26-17-7-4-5-8-18(17)33-21/h4-5,7-8,15H,3,6,9-14H2,1-2H3,(H,27,28)/t15-/m0/s1. The first-order valence-electron chi connectivity index (χ1n) is 11.6. The van der Waals surface area contributed by atoms with Gasteiger partial charge in [0.25, 0.3) is 5.91 Å². The number of aromatic nitrogens is 1. The molecule has 1 aliphatic carbocycles. The van der Waals surface area contributed by atoms with Crippen molar-refractivity contribution in [3.8, 4) is 0 Å². The van der Waals surface area contributed by atoms with Gasteiger partial charge >= 0.3 is 11.9 Å². The maximum atomic E-state index is 12.6. The molecule has 3 aromatic rings. The van der Waals surface area contributed by atoms with E-state index >= 15 is 0 Å². The van der Waals surface area contributed by atoms with Crippen LogP contribution in [-0.4, -0.2) is 36.0 Å². The molecule has 0 unspecified atom stereocenters. The van der Waals surface area contributed by atoms with E-state index in [0.717, 1.165) is 44.9 Å². The van der Waals surface area contributed by atoms with E-state index < -0.39 is 17.8 Å². The number of thiophene rings is 1. The molecule has 9 heteroatoms. The normalized spacial score (nSPS) is 15.1. The van der Waals surface area contributed by atoms with Gasteiger partial charge < -0.3 is 14.8 Å². The van der Waals surface area contributed by atoms with Gasteiger partial charge in [0.2, 0.25) is 0 Å². The number of nitrogens with zero attached hydrogens (tertiary/aromatic N) is 1. The van der Waals surface area contributed by atoms with Crippen LogP contribution < -0.4 is 5.32 Å². The van der Waals surface area contributed by atoms with Crippen LogP contribution in [0, 0.1) is 5.92 Å². The van der Waals surface area contributed by atoms with Crippen molar-refractivity contribution in [3.63, 3.8) is 0 Å². The summed E-state index contributed by atoms with van der Waals surface area (Å²) in [5.41, 5.74) is 2.39. The molecule has 0 saturated heterocycles. The molecule has 0 radical (unpaired) electrons. The van der Waals surface area contributed by atoms with Crippen molar-refractivity contribution in [2.45, 2.75) is 52.4 Å². The van der Waals surface area contributed by atoms with E-state index in [9.17, 15) is 14.4 Å². The fourth-order valence-corrected chi connectivity index (χ4v) is 6.47. The minimum absolute atomic E-state index is 0.211. The summed E-state index contributed by atoms with van der Waals surface area (Å²) in [7, 11) is 0.